The van der Waals surface area contributed by atoms with Crippen LogP contribution in [0.5, 0.6) is 0 Å². The van der Waals surface area contributed by atoms with E-state index in [4.69, 9.17) is 0 Å². The molecule has 25 heavy (non-hydrogen) atoms. The van der Waals surface area contributed by atoms with E-state index in [1.165, 1.54) is 0 Å². The van der Waals surface area contributed by atoms with Crippen LogP contribution in [0.1, 0.15) is 28.8 Å². The molecule has 6 nitrogen and oxygen atoms in total. The molecule has 0 saturated carbocycles. The van der Waals surface area contributed by atoms with Gasteiger partial charge in [-0.05, 0) is 30.9 Å². The molecule has 1 aromatic rings. The van der Waals surface area contributed by atoms with Crippen LogP contribution in [0.15, 0.2) is 24.3 Å². The molecule has 3 aliphatic heterocycles. The van der Waals surface area contributed by atoms with Crippen molar-refractivity contribution in [3.8, 4) is 6.07 Å². The van der Waals surface area contributed by atoms with E-state index in [1.54, 1.807) is 43.3 Å². The highest BCUT2D eigenvalue weighted by atomic mass is 16.2. The van der Waals surface area contributed by atoms with Crippen LogP contribution in [-0.2, 0) is 4.79 Å². The van der Waals surface area contributed by atoms with Crippen LogP contribution in [0.2, 0.25) is 0 Å². The molecule has 132 valence electrons. The van der Waals surface area contributed by atoms with Crippen LogP contribution in [-0.4, -0.2) is 72.8 Å². The minimum Gasteiger partial charge on any atom is -0.348 e. The molecule has 2 amide bonds. The molecule has 0 aromatic heterocycles. The Morgan fingerprint density at radius 1 is 1.20 bits per heavy atom. The van der Waals surface area contributed by atoms with Gasteiger partial charge in [0.2, 0.25) is 5.91 Å². The number of nitrogens with zero attached hydrogens (tertiary/aromatic N) is 4. The summed E-state index contributed by atoms with van der Waals surface area (Å²) in [5, 5.41) is 9.28. The van der Waals surface area contributed by atoms with Gasteiger partial charge in [-0.1, -0.05) is 12.1 Å². The van der Waals surface area contributed by atoms with E-state index in [2.05, 4.69) is 11.0 Å². The number of likely N-dealkylation sites (N-methyl/N-ethyl adjacent to an activating group) is 1. The first kappa shape index (κ1) is 17.4. The van der Waals surface area contributed by atoms with Crippen molar-refractivity contribution in [2.45, 2.75) is 18.9 Å². The second-order valence-electron chi connectivity index (χ2n) is 7.19. The zero-order valence-corrected chi connectivity index (χ0v) is 14.8. The molecule has 0 spiro atoms. The standard InChI is InChI=1S/C19H24N4O2/c1-21(2)18(24)13-22-10-14-7-8-16(12-22)23(11-14)19(25)17-6-4-3-5-15(17)9-20/h3-6,14,16H,7-8,10-13H2,1-2H3/t14-,16+/m1/s1. The maximum atomic E-state index is 13.0. The quantitative estimate of drug-likeness (QED) is 0.829. The fourth-order valence-electron chi connectivity index (χ4n) is 3.81. The number of nitriles is 1. The Balaban J connectivity index is 1.78. The molecule has 3 aliphatic rings. The predicted molar refractivity (Wildman–Crippen MR) is 93.8 cm³/mol. The van der Waals surface area contributed by atoms with Crippen molar-refractivity contribution < 1.29 is 9.59 Å². The number of benzene rings is 1. The molecule has 3 fully saturated rings. The van der Waals surface area contributed by atoms with Crippen LogP contribution in [0.3, 0.4) is 0 Å². The van der Waals surface area contributed by atoms with Crippen LogP contribution in [0.4, 0.5) is 0 Å². The second-order valence-corrected chi connectivity index (χ2v) is 7.19. The van der Waals surface area contributed by atoms with E-state index < -0.39 is 0 Å². The van der Waals surface area contributed by atoms with E-state index in [-0.39, 0.29) is 17.9 Å². The van der Waals surface area contributed by atoms with E-state index in [0.717, 1.165) is 25.9 Å². The molecule has 0 aliphatic carbocycles. The molecule has 6 heteroatoms. The Kier molecular flexibility index (Phi) is 5.05. The molecule has 0 unspecified atom stereocenters. The van der Waals surface area contributed by atoms with Crippen LogP contribution in [0.25, 0.3) is 0 Å². The molecule has 4 rings (SSSR count). The second kappa shape index (κ2) is 7.24. The Labute approximate surface area is 148 Å². The summed E-state index contributed by atoms with van der Waals surface area (Å²) in [5.74, 6) is 0.411. The van der Waals surface area contributed by atoms with Crippen molar-refractivity contribution in [2.75, 3.05) is 40.3 Å². The minimum absolute atomic E-state index is 0.0624. The Morgan fingerprint density at radius 2 is 1.96 bits per heavy atom. The highest BCUT2D eigenvalue weighted by Crippen LogP contribution is 2.29. The third kappa shape index (κ3) is 3.67. The van der Waals surface area contributed by atoms with E-state index in [1.807, 2.05) is 4.90 Å². The van der Waals surface area contributed by atoms with Crippen LogP contribution in [0, 0.1) is 17.2 Å². The fraction of sp³-hybridized carbons (Fsp3) is 0.526. The molecule has 0 radical (unpaired) electrons. The molecule has 1 aromatic carbocycles. The largest absolute Gasteiger partial charge is 0.348 e. The number of fused-ring (bicyclic) bond motifs is 4. The Bertz CT molecular complexity index is 710. The zero-order valence-electron chi connectivity index (χ0n) is 14.8. The zero-order chi connectivity index (χ0) is 18.0. The maximum Gasteiger partial charge on any atom is 0.255 e. The van der Waals surface area contributed by atoms with Crippen molar-refractivity contribution in [3.05, 3.63) is 35.4 Å². The Morgan fingerprint density at radius 3 is 2.68 bits per heavy atom. The number of carbonyl (C=O) groups excluding carboxylic acids is 2. The first-order valence-electron chi connectivity index (χ1n) is 8.72. The third-order valence-corrected chi connectivity index (χ3v) is 5.19. The van der Waals surface area contributed by atoms with Crippen molar-refractivity contribution in [3.63, 3.8) is 0 Å². The monoisotopic (exact) mass is 340 g/mol. The van der Waals surface area contributed by atoms with Crippen LogP contribution >= 0.6 is 0 Å². The normalized spacial score (nSPS) is 23.0. The molecule has 2 bridgehead atoms. The van der Waals surface area contributed by atoms with Gasteiger partial charge in [0, 0.05) is 39.8 Å². The fourth-order valence-corrected chi connectivity index (χ4v) is 3.81. The summed E-state index contributed by atoms with van der Waals surface area (Å²) in [6.45, 7) is 2.67. The van der Waals surface area contributed by atoms with Gasteiger partial charge in [0.25, 0.3) is 5.91 Å². The summed E-state index contributed by atoms with van der Waals surface area (Å²) < 4.78 is 0. The highest BCUT2D eigenvalue weighted by molar-refractivity contribution is 5.97. The van der Waals surface area contributed by atoms with Crippen molar-refractivity contribution >= 4 is 11.8 Å². The van der Waals surface area contributed by atoms with Gasteiger partial charge in [-0.15, -0.1) is 0 Å². The Hall–Kier alpha value is -2.39. The van der Waals surface area contributed by atoms with Gasteiger partial charge in [0.05, 0.1) is 23.7 Å². The number of piperidine rings is 1. The lowest BCUT2D eigenvalue weighted by atomic mass is 9.94. The average Bonchev–Trinajstić information content (AvgIpc) is 2.91. The van der Waals surface area contributed by atoms with Crippen molar-refractivity contribution in [2.24, 2.45) is 5.92 Å². The minimum atomic E-state index is -0.0624. The van der Waals surface area contributed by atoms with Crippen molar-refractivity contribution in [1.82, 2.24) is 14.7 Å². The molecule has 3 heterocycles. The lowest BCUT2D eigenvalue weighted by molar-refractivity contribution is -0.129. The third-order valence-electron chi connectivity index (χ3n) is 5.19. The highest BCUT2D eigenvalue weighted by Gasteiger charge is 2.38. The summed E-state index contributed by atoms with van der Waals surface area (Å²) >= 11 is 0. The van der Waals surface area contributed by atoms with E-state index in [9.17, 15) is 14.9 Å². The maximum absolute atomic E-state index is 13.0. The van der Waals surface area contributed by atoms with E-state index >= 15 is 0 Å². The summed E-state index contributed by atoms with van der Waals surface area (Å²) in [6, 6.07) is 9.21. The molecule has 0 N–H and O–H groups in total. The predicted octanol–water partition coefficient (Wildman–Crippen LogP) is 1.18. The van der Waals surface area contributed by atoms with E-state index in [0.29, 0.717) is 30.1 Å². The molecular weight excluding hydrogens is 316 g/mol. The van der Waals surface area contributed by atoms with Gasteiger partial charge >= 0.3 is 0 Å². The number of carbonyl (C=O) groups is 2. The molecular formula is C19H24N4O2. The van der Waals surface area contributed by atoms with Gasteiger partial charge < -0.3 is 9.80 Å². The van der Waals surface area contributed by atoms with Gasteiger partial charge in [-0.25, -0.2) is 0 Å². The van der Waals surface area contributed by atoms with Crippen LogP contribution < -0.4 is 0 Å². The summed E-state index contributed by atoms with van der Waals surface area (Å²) in [7, 11) is 3.53. The average molecular weight is 340 g/mol. The lowest BCUT2D eigenvalue weighted by Gasteiger charge is -2.36. The number of hydrogen-bond acceptors (Lipinski definition) is 4. The van der Waals surface area contributed by atoms with Gasteiger partial charge in [-0.2, -0.15) is 5.26 Å². The number of hydrogen-bond donors (Lipinski definition) is 0. The van der Waals surface area contributed by atoms with Gasteiger partial charge in [0.15, 0.2) is 0 Å². The van der Waals surface area contributed by atoms with Gasteiger partial charge in [-0.3, -0.25) is 14.5 Å². The summed E-state index contributed by atoms with van der Waals surface area (Å²) in [5.41, 5.74) is 0.903. The van der Waals surface area contributed by atoms with Gasteiger partial charge in [0.1, 0.15) is 0 Å². The topological polar surface area (TPSA) is 67.7 Å². The SMILES string of the molecule is CN(C)C(=O)CN1C[C@H]2CC[C@@H](C1)N(C(=O)c1ccccc1C#N)C2. The number of amides is 2. The number of rotatable bonds is 3. The smallest absolute Gasteiger partial charge is 0.255 e. The first-order chi connectivity index (χ1) is 12.0. The molecule has 2 atom stereocenters. The molecule has 3 saturated heterocycles. The lowest BCUT2D eigenvalue weighted by Crippen LogP contribution is -2.48. The summed E-state index contributed by atoms with van der Waals surface area (Å²) in [4.78, 5) is 30.8. The first-order valence-corrected chi connectivity index (χ1v) is 8.72. The van der Waals surface area contributed by atoms with Crippen molar-refractivity contribution in [1.29, 1.82) is 5.26 Å². The summed E-state index contributed by atoms with van der Waals surface area (Å²) in [6.07, 6.45) is 2.04.